The molecule has 0 aliphatic carbocycles. The minimum absolute atomic E-state index is 0.262. The Morgan fingerprint density at radius 1 is 1.50 bits per heavy atom. The van der Waals surface area contributed by atoms with E-state index < -0.39 is 0 Å². The van der Waals surface area contributed by atoms with Gasteiger partial charge in [-0.05, 0) is 43.5 Å². The number of aliphatic hydroxyl groups is 1. The molecule has 0 aromatic carbocycles. The second-order valence-electron chi connectivity index (χ2n) is 4.93. The normalized spacial score (nSPS) is 13.1. The predicted molar refractivity (Wildman–Crippen MR) is 72.5 cm³/mol. The third-order valence-corrected chi connectivity index (χ3v) is 3.17. The molecule has 4 heteroatoms. The van der Waals surface area contributed by atoms with Gasteiger partial charge in [-0.3, -0.25) is 0 Å². The first-order chi connectivity index (χ1) is 8.70. The van der Waals surface area contributed by atoms with Crippen molar-refractivity contribution in [2.75, 3.05) is 13.2 Å². The van der Waals surface area contributed by atoms with Gasteiger partial charge in [-0.25, -0.2) is 4.98 Å². The molecule has 0 aliphatic heterocycles. The molecular weight excluding hydrogens is 226 g/mol. The minimum Gasteiger partial charge on any atom is -0.396 e. The van der Waals surface area contributed by atoms with Crippen molar-refractivity contribution in [3.8, 4) is 0 Å². The molecule has 18 heavy (non-hydrogen) atoms. The number of imidazole rings is 1. The third-order valence-electron chi connectivity index (χ3n) is 3.17. The van der Waals surface area contributed by atoms with E-state index in [0.29, 0.717) is 5.92 Å². The lowest BCUT2D eigenvalue weighted by atomic mass is 10.1. The van der Waals surface area contributed by atoms with Gasteiger partial charge in [-0.1, -0.05) is 6.92 Å². The van der Waals surface area contributed by atoms with Crippen LogP contribution in [0.3, 0.4) is 0 Å². The number of aromatic nitrogens is 2. The van der Waals surface area contributed by atoms with Crippen molar-refractivity contribution in [2.24, 2.45) is 5.92 Å². The summed E-state index contributed by atoms with van der Waals surface area (Å²) in [5.41, 5.74) is 3.39. The Bertz CT molecular complexity index is 507. The molecule has 2 heterocycles. The number of aryl methyl sites for hydroxylation is 1. The fourth-order valence-electron chi connectivity index (χ4n) is 2.03. The second-order valence-corrected chi connectivity index (χ2v) is 4.93. The molecule has 2 aromatic rings. The maximum absolute atomic E-state index is 8.85. The van der Waals surface area contributed by atoms with Gasteiger partial charge in [0.15, 0.2) is 0 Å². The van der Waals surface area contributed by atoms with Crippen LogP contribution in [0.4, 0.5) is 0 Å². The molecule has 0 radical (unpaired) electrons. The number of nitrogens with zero attached hydrogens (tertiary/aromatic N) is 2. The zero-order valence-electron chi connectivity index (χ0n) is 11.1. The van der Waals surface area contributed by atoms with Crippen LogP contribution in [-0.4, -0.2) is 27.6 Å². The van der Waals surface area contributed by atoms with E-state index in [1.54, 1.807) is 0 Å². The fraction of sp³-hybridized carbons (Fsp3) is 0.500. The van der Waals surface area contributed by atoms with E-state index in [-0.39, 0.29) is 6.61 Å². The lowest BCUT2D eigenvalue weighted by Crippen LogP contribution is -2.22. The number of nitrogens with one attached hydrogen (secondary N) is 1. The number of hydrogen-bond donors (Lipinski definition) is 2. The zero-order chi connectivity index (χ0) is 13.0. The first kappa shape index (κ1) is 13.1. The summed E-state index contributed by atoms with van der Waals surface area (Å²) in [7, 11) is 0. The van der Waals surface area contributed by atoms with Gasteiger partial charge in [0.1, 0.15) is 5.65 Å². The number of pyridine rings is 1. The van der Waals surface area contributed by atoms with Gasteiger partial charge >= 0.3 is 0 Å². The van der Waals surface area contributed by atoms with Gasteiger partial charge in [0.2, 0.25) is 0 Å². The minimum atomic E-state index is 0.262. The van der Waals surface area contributed by atoms with E-state index in [0.717, 1.165) is 25.2 Å². The number of rotatable bonds is 6. The number of aliphatic hydroxyl groups excluding tert-OH is 1. The van der Waals surface area contributed by atoms with Crippen LogP contribution in [0.25, 0.3) is 5.65 Å². The van der Waals surface area contributed by atoms with Crippen molar-refractivity contribution in [2.45, 2.75) is 26.8 Å². The summed E-state index contributed by atoms with van der Waals surface area (Å²) in [6, 6.07) is 4.17. The van der Waals surface area contributed by atoms with Crippen molar-refractivity contribution in [3.05, 3.63) is 35.8 Å². The van der Waals surface area contributed by atoms with Crippen molar-refractivity contribution in [1.29, 1.82) is 0 Å². The highest BCUT2D eigenvalue weighted by Gasteiger charge is 2.04. The average Bonchev–Trinajstić information content (AvgIpc) is 2.72. The van der Waals surface area contributed by atoms with Crippen LogP contribution in [0.15, 0.2) is 24.5 Å². The van der Waals surface area contributed by atoms with Crippen molar-refractivity contribution in [1.82, 2.24) is 14.7 Å². The van der Waals surface area contributed by atoms with Crippen molar-refractivity contribution in [3.63, 3.8) is 0 Å². The van der Waals surface area contributed by atoms with E-state index in [1.165, 1.54) is 11.3 Å². The molecule has 98 valence electrons. The molecule has 2 aromatic heterocycles. The Balaban J connectivity index is 1.96. The number of hydrogen-bond acceptors (Lipinski definition) is 3. The fourth-order valence-corrected chi connectivity index (χ4v) is 2.03. The number of fused-ring (bicyclic) bond motifs is 1. The smallest absolute Gasteiger partial charge is 0.137 e. The molecule has 2 rings (SSSR count). The first-order valence-corrected chi connectivity index (χ1v) is 6.45. The van der Waals surface area contributed by atoms with Gasteiger partial charge in [0.05, 0.1) is 11.9 Å². The standard InChI is InChI=1S/C14H21N3O/c1-11-3-5-17-13(10-16-14(17)7-11)9-15-8-12(2)4-6-18/h3,5,7,10,12,15,18H,4,6,8-9H2,1-2H3. The van der Waals surface area contributed by atoms with Crippen LogP contribution in [0.1, 0.15) is 24.6 Å². The largest absolute Gasteiger partial charge is 0.396 e. The van der Waals surface area contributed by atoms with Crippen molar-refractivity contribution < 1.29 is 5.11 Å². The molecular formula is C14H21N3O. The molecule has 1 unspecified atom stereocenters. The van der Waals surface area contributed by atoms with E-state index in [2.05, 4.69) is 46.9 Å². The Labute approximate surface area is 108 Å². The van der Waals surface area contributed by atoms with Gasteiger partial charge in [0.25, 0.3) is 0 Å². The molecule has 4 nitrogen and oxygen atoms in total. The maximum atomic E-state index is 8.85. The maximum Gasteiger partial charge on any atom is 0.137 e. The third kappa shape index (κ3) is 3.09. The van der Waals surface area contributed by atoms with Crippen LogP contribution in [0, 0.1) is 12.8 Å². The van der Waals surface area contributed by atoms with Crippen LogP contribution in [0.5, 0.6) is 0 Å². The lowest BCUT2D eigenvalue weighted by molar-refractivity contribution is 0.260. The highest BCUT2D eigenvalue weighted by atomic mass is 16.3. The molecule has 0 bridgehead atoms. The van der Waals surface area contributed by atoms with Crippen LogP contribution < -0.4 is 5.32 Å². The lowest BCUT2D eigenvalue weighted by Gasteiger charge is -2.10. The van der Waals surface area contributed by atoms with Gasteiger partial charge in [-0.15, -0.1) is 0 Å². The molecule has 0 amide bonds. The molecule has 0 spiro atoms. The molecule has 2 N–H and O–H groups in total. The Morgan fingerprint density at radius 2 is 2.33 bits per heavy atom. The highest BCUT2D eigenvalue weighted by molar-refractivity contribution is 5.42. The molecule has 0 fully saturated rings. The average molecular weight is 247 g/mol. The van der Waals surface area contributed by atoms with Gasteiger partial charge in [0, 0.05) is 19.3 Å². The van der Waals surface area contributed by atoms with E-state index in [4.69, 9.17) is 5.11 Å². The van der Waals surface area contributed by atoms with Crippen molar-refractivity contribution >= 4 is 5.65 Å². The highest BCUT2D eigenvalue weighted by Crippen LogP contribution is 2.09. The molecule has 1 atom stereocenters. The summed E-state index contributed by atoms with van der Waals surface area (Å²) in [4.78, 5) is 4.40. The van der Waals surface area contributed by atoms with E-state index in [1.807, 2.05) is 6.20 Å². The summed E-state index contributed by atoms with van der Waals surface area (Å²) in [5.74, 6) is 0.497. The summed E-state index contributed by atoms with van der Waals surface area (Å²) < 4.78 is 2.11. The Kier molecular flexibility index (Phi) is 4.33. The van der Waals surface area contributed by atoms with E-state index in [9.17, 15) is 0 Å². The van der Waals surface area contributed by atoms with Crippen LogP contribution >= 0.6 is 0 Å². The Hall–Kier alpha value is -1.39. The molecule has 0 saturated heterocycles. The zero-order valence-corrected chi connectivity index (χ0v) is 11.1. The van der Waals surface area contributed by atoms with Gasteiger partial charge < -0.3 is 14.8 Å². The SMILES string of the molecule is Cc1ccn2c(CNCC(C)CCO)cnc2c1. The summed E-state index contributed by atoms with van der Waals surface area (Å²) in [6.07, 6.45) is 4.82. The van der Waals surface area contributed by atoms with Crippen LogP contribution in [-0.2, 0) is 6.54 Å². The topological polar surface area (TPSA) is 49.6 Å². The van der Waals surface area contributed by atoms with Crippen LogP contribution in [0.2, 0.25) is 0 Å². The quantitative estimate of drug-likeness (QED) is 0.817. The summed E-state index contributed by atoms with van der Waals surface area (Å²) >= 11 is 0. The molecule has 0 aliphatic rings. The monoisotopic (exact) mass is 247 g/mol. The van der Waals surface area contributed by atoms with Gasteiger partial charge in [-0.2, -0.15) is 0 Å². The molecule has 0 saturated carbocycles. The predicted octanol–water partition coefficient (Wildman–Crippen LogP) is 1.75. The second kappa shape index (κ2) is 5.98. The van der Waals surface area contributed by atoms with E-state index >= 15 is 0 Å². The Morgan fingerprint density at radius 3 is 3.11 bits per heavy atom. The first-order valence-electron chi connectivity index (χ1n) is 6.45. The summed E-state index contributed by atoms with van der Waals surface area (Å²) in [6.45, 7) is 6.20. The summed E-state index contributed by atoms with van der Waals surface area (Å²) in [5, 5.41) is 12.3.